The van der Waals surface area contributed by atoms with Crippen LogP contribution in [0.3, 0.4) is 0 Å². The van der Waals surface area contributed by atoms with Gasteiger partial charge in [-0.05, 0) is 42.0 Å². The average Bonchev–Trinajstić information content (AvgIpc) is 3.00. The van der Waals surface area contributed by atoms with Gasteiger partial charge in [-0.3, -0.25) is 0 Å². The van der Waals surface area contributed by atoms with Crippen LogP contribution in [0.1, 0.15) is 5.56 Å². The van der Waals surface area contributed by atoms with Crippen LogP contribution in [0.2, 0.25) is 5.02 Å². The maximum absolute atomic E-state index is 5.96. The molecule has 2 aromatic carbocycles. The number of nitrogens with zero attached hydrogens (tertiary/aromatic N) is 3. The van der Waals surface area contributed by atoms with Crippen molar-refractivity contribution >= 4 is 17.3 Å². The third kappa shape index (κ3) is 2.97. The lowest BCUT2D eigenvalue weighted by atomic mass is 10.2. The van der Waals surface area contributed by atoms with Gasteiger partial charge in [0.2, 0.25) is 0 Å². The van der Waals surface area contributed by atoms with Crippen molar-refractivity contribution in [2.24, 2.45) is 0 Å². The fraction of sp³-hybridized carbons (Fsp3) is 0.0667. The molecule has 1 aromatic heterocycles. The van der Waals surface area contributed by atoms with Crippen LogP contribution >= 0.6 is 11.6 Å². The Labute approximate surface area is 122 Å². The Morgan fingerprint density at radius 2 is 1.75 bits per heavy atom. The Morgan fingerprint density at radius 3 is 2.45 bits per heavy atom. The molecule has 0 spiro atoms. The number of rotatable bonds is 4. The van der Waals surface area contributed by atoms with Gasteiger partial charge in [0.15, 0.2) is 0 Å². The van der Waals surface area contributed by atoms with Crippen LogP contribution in [-0.4, -0.2) is 15.0 Å². The van der Waals surface area contributed by atoms with Crippen LogP contribution in [0.5, 0.6) is 0 Å². The molecule has 0 unspecified atom stereocenters. The van der Waals surface area contributed by atoms with Crippen molar-refractivity contribution in [3.8, 4) is 5.69 Å². The predicted molar refractivity (Wildman–Crippen MR) is 80.1 cm³/mol. The summed E-state index contributed by atoms with van der Waals surface area (Å²) in [5, 5.41) is 12.3. The van der Waals surface area contributed by atoms with Crippen molar-refractivity contribution < 1.29 is 0 Å². The van der Waals surface area contributed by atoms with Gasteiger partial charge in [-0.15, -0.1) is 0 Å². The molecule has 0 saturated heterocycles. The maximum atomic E-state index is 5.96. The number of hydrogen-bond donors (Lipinski definition) is 1. The van der Waals surface area contributed by atoms with E-state index in [2.05, 4.69) is 15.5 Å². The molecule has 0 aliphatic heterocycles. The van der Waals surface area contributed by atoms with Gasteiger partial charge in [0, 0.05) is 17.3 Å². The molecule has 100 valence electrons. The van der Waals surface area contributed by atoms with E-state index in [0.717, 1.165) is 28.5 Å². The lowest BCUT2D eigenvalue weighted by molar-refractivity contribution is 0.752. The van der Waals surface area contributed by atoms with Crippen molar-refractivity contribution in [2.75, 3.05) is 5.32 Å². The highest BCUT2D eigenvalue weighted by molar-refractivity contribution is 6.30. The number of anilines is 1. The first-order valence-electron chi connectivity index (χ1n) is 6.26. The zero-order chi connectivity index (χ0) is 13.8. The molecule has 0 atom stereocenters. The summed E-state index contributed by atoms with van der Waals surface area (Å²) in [6.07, 6.45) is 3.32. The zero-order valence-corrected chi connectivity index (χ0v) is 11.5. The first kappa shape index (κ1) is 12.7. The molecular formula is C15H13ClN4. The van der Waals surface area contributed by atoms with E-state index in [4.69, 9.17) is 11.6 Å². The van der Waals surface area contributed by atoms with E-state index in [9.17, 15) is 0 Å². The minimum Gasteiger partial charge on any atom is -0.381 e. The summed E-state index contributed by atoms with van der Waals surface area (Å²) in [5.41, 5.74) is 3.12. The van der Waals surface area contributed by atoms with E-state index in [-0.39, 0.29) is 0 Å². The van der Waals surface area contributed by atoms with E-state index in [1.165, 1.54) is 0 Å². The molecular weight excluding hydrogens is 272 g/mol. The summed E-state index contributed by atoms with van der Waals surface area (Å²) in [5.74, 6) is 0. The van der Waals surface area contributed by atoms with Crippen LogP contribution in [-0.2, 0) is 6.54 Å². The van der Waals surface area contributed by atoms with E-state index < -0.39 is 0 Å². The number of halogens is 1. The summed E-state index contributed by atoms with van der Waals surface area (Å²) in [6.45, 7) is 0.736. The van der Waals surface area contributed by atoms with Gasteiger partial charge in [0.05, 0.1) is 18.1 Å². The molecule has 5 heteroatoms. The highest BCUT2D eigenvalue weighted by atomic mass is 35.5. The topological polar surface area (TPSA) is 42.7 Å². The van der Waals surface area contributed by atoms with Crippen LogP contribution in [0.15, 0.2) is 60.9 Å². The predicted octanol–water partition coefficient (Wildman–Crippen LogP) is 3.53. The average molecular weight is 285 g/mol. The van der Waals surface area contributed by atoms with E-state index in [1.54, 1.807) is 17.2 Å². The van der Waals surface area contributed by atoms with Crippen molar-refractivity contribution in [3.63, 3.8) is 0 Å². The lowest BCUT2D eigenvalue weighted by Crippen LogP contribution is -2.01. The Bertz CT molecular complexity index is 677. The van der Waals surface area contributed by atoms with Crippen molar-refractivity contribution in [2.45, 2.75) is 6.54 Å². The normalized spacial score (nSPS) is 10.4. The third-order valence-corrected chi connectivity index (χ3v) is 3.14. The standard InChI is InChI=1S/C15H13ClN4/c16-13-3-1-2-12(10-13)11-17-14-4-6-15(7-5-14)20-18-8-9-19-20/h1-10,17H,11H2. The minimum absolute atomic E-state index is 0.736. The molecule has 0 radical (unpaired) electrons. The summed E-state index contributed by atoms with van der Waals surface area (Å²) >= 11 is 5.96. The molecule has 0 saturated carbocycles. The minimum atomic E-state index is 0.736. The quantitative estimate of drug-likeness (QED) is 0.797. The van der Waals surface area contributed by atoms with E-state index in [0.29, 0.717) is 0 Å². The Morgan fingerprint density at radius 1 is 1.00 bits per heavy atom. The number of hydrogen-bond acceptors (Lipinski definition) is 3. The lowest BCUT2D eigenvalue weighted by Gasteiger charge is -2.07. The second-order valence-corrected chi connectivity index (χ2v) is 4.79. The van der Waals surface area contributed by atoms with Crippen molar-refractivity contribution in [1.82, 2.24) is 15.0 Å². The van der Waals surface area contributed by atoms with Gasteiger partial charge >= 0.3 is 0 Å². The van der Waals surface area contributed by atoms with Gasteiger partial charge in [-0.1, -0.05) is 23.7 Å². The molecule has 4 nitrogen and oxygen atoms in total. The molecule has 20 heavy (non-hydrogen) atoms. The SMILES string of the molecule is Clc1cccc(CNc2ccc(-n3nccn3)cc2)c1. The first-order chi connectivity index (χ1) is 9.81. The molecule has 3 aromatic rings. The molecule has 1 heterocycles. The first-order valence-corrected chi connectivity index (χ1v) is 6.64. The van der Waals surface area contributed by atoms with Crippen molar-refractivity contribution in [1.29, 1.82) is 0 Å². The third-order valence-electron chi connectivity index (χ3n) is 2.90. The van der Waals surface area contributed by atoms with Gasteiger partial charge in [-0.25, -0.2) is 0 Å². The molecule has 0 fully saturated rings. The Balaban J connectivity index is 1.67. The van der Waals surface area contributed by atoms with Gasteiger partial charge < -0.3 is 5.32 Å². The molecule has 0 amide bonds. The van der Waals surface area contributed by atoms with Crippen LogP contribution in [0.25, 0.3) is 5.69 Å². The second-order valence-electron chi connectivity index (χ2n) is 4.35. The van der Waals surface area contributed by atoms with Gasteiger partial charge in [0.25, 0.3) is 0 Å². The van der Waals surface area contributed by atoms with Crippen LogP contribution < -0.4 is 5.32 Å². The maximum Gasteiger partial charge on any atom is 0.0858 e. The monoisotopic (exact) mass is 284 g/mol. The molecule has 0 bridgehead atoms. The molecule has 1 N–H and O–H groups in total. The second kappa shape index (κ2) is 5.75. The highest BCUT2D eigenvalue weighted by Crippen LogP contribution is 2.15. The van der Waals surface area contributed by atoms with Crippen molar-refractivity contribution in [3.05, 3.63) is 71.5 Å². The molecule has 3 rings (SSSR count). The fourth-order valence-corrected chi connectivity index (χ4v) is 2.13. The number of benzene rings is 2. The fourth-order valence-electron chi connectivity index (χ4n) is 1.91. The Kier molecular flexibility index (Phi) is 3.65. The van der Waals surface area contributed by atoms with Gasteiger partial charge in [-0.2, -0.15) is 15.0 Å². The van der Waals surface area contributed by atoms with Crippen LogP contribution in [0.4, 0.5) is 5.69 Å². The summed E-state index contributed by atoms with van der Waals surface area (Å²) in [7, 11) is 0. The molecule has 0 aliphatic rings. The molecule has 0 aliphatic carbocycles. The summed E-state index contributed by atoms with van der Waals surface area (Å²) in [6, 6.07) is 15.8. The summed E-state index contributed by atoms with van der Waals surface area (Å²) < 4.78 is 0. The van der Waals surface area contributed by atoms with E-state index in [1.807, 2.05) is 48.5 Å². The summed E-state index contributed by atoms with van der Waals surface area (Å²) in [4.78, 5) is 1.58. The smallest absolute Gasteiger partial charge is 0.0858 e. The number of nitrogens with one attached hydrogen (secondary N) is 1. The largest absolute Gasteiger partial charge is 0.381 e. The highest BCUT2D eigenvalue weighted by Gasteiger charge is 1.99. The Hall–Kier alpha value is -2.33. The zero-order valence-electron chi connectivity index (χ0n) is 10.7. The van der Waals surface area contributed by atoms with Crippen LogP contribution in [0, 0.1) is 0 Å². The van der Waals surface area contributed by atoms with E-state index >= 15 is 0 Å². The van der Waals surface area contributed by atoms with Gasteiger partial charge in [0.1, 0.15) is 0 Å². The number of aromatic nitrogens is 3.